The first-order chi connectivity index (χ1) is 24.6. The van der Waals surface area contributed by atoms with Crippen molar-refractivity contribution < 1.29 is 43.2 Å². The fraction of sp³-hybridized carbons (Fsp3) is 0.200. The molecule has 3 aromatic carbocycles. The number of ether oxygens (including phenoxy) is 2. The number of β-lactam (4-membered cyclic amide) rings is 1. The number of Topliss-reactive ketones (excluding diaryl/α,β-unsaturated/α-hetero) is 1. The summed E-state index contributed by atoms with van der Waals surface area (Å²) in [4.78, 5) is 81.4. The molecule has 16 heteroatoms. The van der Waals surface area contributed by atoms with Crippen molar-refractivity contribution in [1.29, 1.82) is 0 Å². The second kappa shape index (κ2) is 16.7. The summed E-state index contributed by atoms with van der Waals surface area (Å²) in [6, 6.07) is 22.4. The van der Waals surface area contributed by atoms with Gasteiger partial charge in [-0.05, 0) is 34.4 Å². The first kappa shape index (κ1) is 36.5. The lowest BCUT2D eigenvalue weighted by atomic mass is 10.0. The highest BCUT2D eigenvalue weighted by atomic mass is 35.5. The number of nitro groups is 1. The van der Waals surface area contributed by atoms with Crippen molar-refractivity contribution in [2.45, 2.75) is 24.1 Å². The first-order valence-electron chi connectivity index (χ1n) is 15.2. The maximum Gasteiger partial charge on any atom is 0.356 e. The van der Waals surface area contributed by atoms with E-state index >= 15 is 0 Å². The predicted molar refractivity (Wildman–Crippen MR) is 185 cm³/mol. The molecule has 1 N–H and O–H groups in total. The summed E-state index contributed by atoms with van der Waals surface area (Å²) in [6.07, 6.45) is 0.690. The number of fused-ring (bicyclic) bond motifs is 1. The lowest BCUT2D eigenvalue weighted by molar-refractivity contribution is -0.384. The van der Waals surface area contributed by atoms with Gasteiger partial charge in [-0.25, -0.2) is 9.59 Å². The third-order valence-corrected chi connectivity index (χ3v) is 9.18. The van der Waals surface area contributed by atoms with E-state index in [1.165, 1.54) is 47.0 Å². The number of rotatable bonds is 15. The second-order valence-corrected chi connectivity index (χ2v) is 12.3. The molecule has 5 rings (SSSR count). The SMILES string of the molecule is C=CC1=C(C(=O)OC(c2ccccc2)c2ccccc2)N2C(=O)[C@@H](NC(=O)/C(=N/OCC(=O)OCc3ccc([N+](=O)[O-])cc3)C(=O)CCl)[C@H]2SC1. The van der Waals surface area contributed by atoms with Crippen LogP contribution in [0.3, 0.4) is 0 Å². The number of non-ortho nitro benzene ring substituents is 1. The summed E-state index contributed by atoms with van der Waals surface area (Å²) < 4.78 is 11.0. The fourth-order valence-corrected chi connectivity index (χ4v) is 6.56. The summed E-state index contributed by atoms with van der Waals surface area (Å²) in [5, 5.41) is 16.0. The van der Waals surface area contributed by atoms with Crippen LogP contribution in [0, 0.1) is 10.1 Å². The number of ketones is 1. The van der Waals surface area contributed by atoms with Gasteiger partial charge >= 0.3 is 11.9 Å². The van der Waals surface area contributed by atoms with E-state index in [2.05, 4.69) is 17.1 Å². The van der Waals surface area contributed by atoms with Crippen molar-refractivity contribution in [3.8, 4) is 0 Å². The second-order valence-electron chi connectivity index (χ2n) is 10.9. The van der Waals surface area contributed by atoms with Gasteiger partial charge in [-0.15, -0.1) is 23.4 Å². The number of nitro benzene ring substituents is 1. The van der Waals surface area contributed by atoms with Crippen LogP contribution in [0.15, 0.2) is 114 Å². The number of thioether (sulfide) groups is 1. The van der Waals surface area contributed by atoms with Gasteiger partial charge in [-0.1, -0.05) is 78.5 Å². The van der Waals surface area contributed by atoms with E-state index < -0.39 is 70.2 Å². The maximum absolute atomic E-state index is 13.8. The minimum atomic E-state index is -1.16. The Hall–Kier alpha value is -5.80. The molecule has 2 aliphatic rings. The number of benzene rings is 3. The quantitative estimate of drug-likeness (QED) is 0.0453. The number of carbonyl (C=O) groups is 5. The van der Waals surface area contributed by atoms with Crippen molar-refractivity contribution in [1.82, 2.24) is 10.2 Å². The van der Waals surface area contributed by atoms with E-state index in [4.69, 9.17) is 25.9 Å². The number of nitrogens with one attached hydrogen (secondary N) is 1. The van der Waals surface area contributed by atoms with E-state index in [9.17, 15) is 34.1 Å². The topological polar surface area (TPSA) is 184 Å². The highest BCUT2D eigenvalue weighted by molar-refractivity contribution is 8.00. The molecule has 0 aliphatic carbocycles. The van der Waals surface area contributed by atoms with Gasteiger partial charge in [-0.2, -0.15) is 0 Å². The van der Waals surface area contributed by atoms with E-state index in [0.717, 1.165) is 11.1 Å². The van der Waals surface area contributed by atoms with Gasteiger partial charge in [0.05, 0.1) is 10.8 Å². The number of alkyl halides is 1. The molecule has 3 aromatic rings. The van der Waals surface area contributed by atoms with Crippen LogP contribution in [0.4, 0.5) is 5.69 Å². The van der Waals surface area contributed by atoms with Crippen molar-refractivity contribution >= 4 is 64.3 Å². The third kappa shape index (κ3) is 8.51. The summed E-state index contributed by atoms with van der Waals surface area (Å²) in [5.74, 6) is -4.74. The number of amides is 2. The Morgan fingerprint density at radius 2 is 1.67 bits per heavy atom. The number of hydrogen-bond acceptors (Lipinski definition) is 12. The molecule has 0 radical (unpaired) electrons. The van der Waals surface area contributed by atoms with Gasteiger partial charge in [0, 0.05) is 17.9 Å². The Kier molecular flexibility index (Phi) is 12.0. The summed E-state index contributed by atoms with van der Waals surface area (Å²) in [6.45, 7) is 2.78. The molecule has 0 unspecified atom stereocenters. The van der Waals surface area contributed by atoms with Gasteiger partial charge in [0.25, 0.3) is 17.5 Å². The molecule has 1 saturated heterocycles. The van der Waals surface area contributed by atoms with Crippen LogP contribution in [0.5, 0.6) is 0 Å². The standard InChI is InChI=1S/C35H29ClN4O10S/c1-2-22-20-51-34-29(33(44)39(34)30(22)35(45)50-31(23-9-5-3-6-10-23)24-11-7-4-8-12-24)37-32(43)28(26(41)17-36)38-49-19-27(42)48-18-21-13-15-25(16-14-21)40(46)47/h2-16,29,31,34H,1,17-20H2,(H,37,43)/b38-28+/t29-,34-/m1/s1. The van der Waals surface area contributed by atoms with Gasteiger partial charge in [0.1, 0.15) is 23.7 Å². The molecule has 262 valence electrons. The van der Waals surface area contributed by atoms with Crippen LogP contribution < -0.4 is 5.32 Å². The minimum Gasteiger partial charge on any atom is -0.458 e. The Labute approximate surface area is 300 Å². The first-order valence-corrected chi connectivity index (χ1v) is 16.8. The van der Waals surface area contributed by atoms with E-state index in [1.807, 2.05) is 60.7 Å². The number of halogens is 1. The zero-order valence-corrected chi connectivity index (χ0v) is 28.2. The highest BCUT2D eigenvalue weighted by Crippen LogP contribution is 2.42. The molecule has 0 spiro atoms. The number of oxime groups is 1. The fourth-order valence-electron chi connectivity index (χ4n) is 5.10. The van der Waals surface area contributed by atoms with Crippen molar-refractivity contribution in [2.24, 2.45) is 5.16 Å². The van der Waals surface area contributed by atoms with Crippen LogP contribution in [-0.4, -0.2) is 74.7 Å². The lowest BCUT2D eigenvalue weighted by Gasteiger charge is -2.49. The summed E-state index contributed by atoms with van der Waals surface area (Å²) >= 11 is 6.94. The number of nitrogens with zero attached hydrogens (tertiary/aromatic N) is 3. The molecular weight excluding hydrogens is 704 g/mol. The molecule has 2 aliphatic heterocycles. The van der Waals surface area contributed by atoms with E-state index in [0.29, 0.717) is 11.1 Å². The Balaban J connectivity index is 1.23. The molecule has 0 bridgehead atoms. The molecule has 2 atom stereocenters. The van der Waals surface area contributed by atoms with Crippen molar-refractivity contribution in [3.63, 3.8) is 0 Å². The third-order valence-electron chi connectivity index (χ3n) is 7.64. The van der Waals surface area contributed by atoms with Crippen LogP contribution in [0.25, 0.3) is 0 Å². The monoisotopic (exact) mass is 732 g/mol. The minimum absolute atomic E-state index is 0.0117. The average Bonchev–Trinajstić information content (AvgIpc) is 3.16. The average molecular weight is 733 g/mol. The normalized spacial score (nSPS) is 16.8. The van der Waals surface area contributed by atoms with Crippen LogP contribution in [0.2, 0.25) is 0 Å². The lowest BCUT2D eigenvalue weighted by Crippen LogP contribution is -2.71. The molecule has 14 nitrogen and oxygen atoms in total. The zero-order chi connectivity index (χ0) is 36.5. The molecule has 51 heavy (non-hydrogen) atoms. The highest BCUT2D eigenvalue weighted by Gasteiger charge is 2.54. The summed E-state index contributed by atoms with van der Waals surface area (Å²) in [7, 11) is 0. The van der Waals surface area contributed by atoms with Crippen LogP contribution >= 0.6 is 23.4 Å². The molecule has 1 fully saturated rings. The predicted octanol–water partition coefficient (Wildman–Crippen LogP) is 3.99. The maximum atomic E-state index is 13.8. The largest absolute Gasteiger partial charge is 0.458 e. The molecule has 0 aromatic heterocycles. The number of carbonyl (C=O) groups excluding carboxylic acids is 5. The van der Waals surface area contributed by atoms with Crippen molar-refractivity contribution in [3.05, 3.63) is 136 Å². The molecule has 0 saturated carbocycles. The Morgan fingerprint density at radius 1 is 1.04 bits per heavy atom. The van der Waals surface area contributed by atoms with E-state index in [1.54, 1.807) is 0 Å². The number of hydrogen-bond donors (Lipinski definition) is 1. The van der Waals surface area contributed by atoms with Gasteiger partial charge in [-0.3, -0.25) is 29.4 Å². The van der Waals surface area contributed by atoms with Gasteiger partial charge in [0.15, 0.2) is 6.10 Å². The molecule has 2 amide bonds. The van der Waals surface area contributed by atoms with Crippen LogP contribution in [0.1, 0.15) is 22.8 Å². The molecule has 2 heterocycles. The van der Waals surface area contributed by atoms with Gasteiger partial charge < -0.3 is 19.6 Å². The number of esters is 2. The molecular formula is C35H29ClN4O10S. The van der Waals surface area contributed by atoms with Crippen LogP contribution in [-0.2, 0) is 44.9 Å². The summed E-state index contributed by atoms with van der Waals surface area (Å²) in [5.41, 5.74) is 1.43. The Morgan fingerprint density at radius 3 is 2.24 bits per heavy atom. The zero-order valence-electron chi connectivity index (χ0n) is 26.6. The smallest absolute Gasteiger partial charge is 0.356 e. The Bertz CT molecular complexity index is 1860. The van der Waals surface area contributed by atoms with E-state index in [-0.39, 0.29) is 23.7 Å². The van der Waals surface area contributed by atoms with Gasteiger partial charge in [0.2, 0.25) is 18.1 Å². The number of allylic oxidation sites excluding steroid dienone is 1. The van der Waals surface area contributed by atoms with Crippen molar-refractivity contribution in [2.75, 3.05) is 18.2 Å².